The molecule has 0 saturated heterocycles. The van der Waals surface area contributed by atoms with Crippen molar-refractivity contribution in [2.24, 2.45) is 0 Å². The summed E-state index contributed by atoms with van der Waals surface area (Å²) in [5, 5.41) is 18.0. The van der Waals surface area contributed by atoms with Gasteiger partial charge in [-0.25, -0.2) is 9.35 Å². The van der Waals surface area contributed by atoms with Gasteiger partial charge in [0.1, 0.15) is 0 Å². The van der Waals surface area contributed by atoms with Crippen LogP contribution in [0.4, 0.5) is 0 Å². The number of ether oxygens (including phenoxy) is 2. The monoisotopic (exact) mass is 480 g/mol. The molecule has 2 aromatic heterocycles. The Labute approximate surface area is 183 Å². The third kappa shape index (κ3) is 7.20. The van der Waals surface area contributed by atoms with E-state index in [2.05, 4.69) is 29.9 Å². The number of hydrogen-bond acceptors (Lipinski definition) is 14. The summed E-state index contributed by atoms with van der Waals surface area (Å²) in [7, 11) is 2.65. The number of carbonyl (C=O) groups is 2. The zero-order valence-corrected chi connectivity index (χ0v) is 18.9. The van der Waals surface area contributed by atoms with Gasteiger partial charge in [-0.05, 0) is 6.42 Å². The largest absolute Gasteiger partial charge is 0.468 e. The summed E-state index contributed by atoms with van der Waals surface area (Å²) in [5.74, 6) is 12.9. The van der Waals surface area contributed by atoms with Crippen LogP contribution in [0.2, 0.25) is 0 Å². The van der Waals surface area contributed by atoms with Crippen LogP contribution in [-0.2, 0) is 19.1 Å². The number of rotatable bonds is 12. The minimum absolute atomic E-state index is 0.118. The fraction of sp³-hybridized carbons (Fsp3) is 0.538. The van der Waals surface area contributed by atoms with Gasteiger partial charge in [-0.3, -0.25) is 9.59 Å². The normalized spacial score (nSPS) is 10.8. The molecule has 160 valence electrons. The molecule has 12 nitrogen and oxygen atoms in total. The van der Waals surface area contributed by atoms with E-state index in [1.54, 1.807) is 0 Å². The Bertz CT molecular complexity index is 764. The quantitative estimate of drug-likeness (QED) is 0.182. The van der Waals surface area contributed by atoms with Crippen molar-refractivity contribution in [2.75, 3.05) is 48.9 Å². The average molecular weight is 481 g/mol. The summed E-state index contributed by atoms with van der Waals surface area (Å²) in [4.78, 5) is 22.4. The van der Waals surface area contributed by atoms with Crippen molar-refractivity contribution in [2.45, 2.75) is 27.0 Å². The highest BCUT2D eigenvalue weighted by Gasteiger charge is 2.14. The molecule has 0 saturated carbocycles. The molecule has 0 aromatic carbocycles. The molecule has 0 radical (unpaired) electrons. The van der Waals surface area contributed by atoms with Crippen molar-refractivity contribution in [3.8, 4) is 0 Å². The second kappa shape index (κ2) is 12.0. The van der Waals surface area contributed by atoms with Gasteiger partial charge < -0.3 is 21.2 Å². The number of nitrogen functional groups attached to an aromatic ring is 2. The number of methoxy groups -OCH3 is 2. The molecular weight excluding hydrogens is 460 g/mol. The molecule has 0 aliphatic rings. The van der Waals surface area contributed by atoms with Crippen LogP contribution < -0.4 is 11.7 Å². The Kier molecular flexibility index (Phi) is 9.75. The predicted octanol–water partition coefficient (Wildman–Crippen LogP) is 0.102. The molecule has 0 spiro atoms. The Balaban J connectivity index is 1.71. The third-order valence-electron chi connectivity index (χ3n) is 3.11. The third-order valence-corrected chi connectivity index (χ3v) is 7.00. The first-order valence-electron chi connectivity index (χ1n) is 8.02. The van der Waals surface area contributed by atoms with E-state index in [4.69, 9.17) is 11.7 Å². The molecule has 0 aliphatic carbocycles. The Morgan fingerprint density at radius 1 is 0.759 bits per heavy atom. The van der Waals surface area contributed by atoms with E-state index >= 15 is 0 Å². The van der Waals surface area contributed by atoms with Gasteiger partial charge in [-0.1, -0.05) is 47.0 Å². The molecule has 0 unspecified atom stereocenters. The lowest BCUT2D eigenvalue weighted by Crippen LogP contribution is -2.13. The van der Waals surface area contributed by atoms with E-state index < -0.39 is 0 Å². The fourth-order valence-electron chi connectivity index (χ4n) is 1.67. The lowest BCUT2D eigenvalue weighted by Gasteiger charge is -2.04. The number of hydrogen-bond donors (Lipinski definition) is 2. The molecule has 0 bridgehead atoms. The topological polar surface area (TPSA) is 166 Å². The van der Waals surface area contributed by atoms with Gasteiger partial charge in [-0.15, -0.1) is 20.4 Å². The SMILES string of the molecule is COC(=O)CSc1nnc(SCCCSc2nnc(SCC(=O)OC)n2N)n1N. The number of nitrogens with two attached hydrogens (primary N) is 2. The van der Waals surface area contributed by atoms with Gasteiger partial charge in [0.2, 0.25) is 20.6 Å². The molecule has 0 atom stereocenters. The van der Waals surface area contributed by atoms with E-state index in [1.165, 1.54) is 47.1 Å². The lowest BCUT2D eigenvalue weighted by atomic mass is 10.6. The Morgan fingerprint density at radius 2 is 1.10 bits per heavy atom. The Hall–Kier alpha value is -1.78. The molecule has 0 amide bonds. The van der Waals surface area contributed by atoms with Gasteiger partial charge in [0.15, 0.2) is 0 Å². The molecule has 29 heavy (non-hydrogen) atoms. The molecule has 0 aliphatic heterocycles. The summed E-state index contributed by atoms with van der Waals surface area (Å²) >= 11 is 5.24. The molecule has 4 N–H and O–H groups in total. The maximum Gasteiger partial charge on any atom is 0.316 e. The second-order valence-corrected chi connectivity index (χ2v) is 9.06. The highest BCUT2D eigenvalue weighted by molar-refractivity contribution is 8.00. The summed E-state index contributed by atoms with van der Waals surface area (Å²) in [6, 6.07) is 0. The maximum absolute atomic E-state index is 11.2. The van der Waals surface area contributed by atoms with Crippen LogP contribution in [0, 0.1) is 0 Å². The van der Waals surface area contributed by atoms with Crippen molar-refractivity contribution in [1.29, 1.82) is 0 Å². The number of esters is 2. The Morgan fingerprint density at radius 3 is 1.45 bits per heavy atom. The molecule has 2 heterocycles. The first kappa shape index (κ1) is 23.5. The number of carbonyl (C=O) groups excluding carboxylic acids is 2. The van der Waals surface area contributed by atoms with Crippen molar-refractivity contribution in [3.05, 3.63) is 0 Å². The highest BCUT2D eigenvalue weighted by Crippen LogP contribution is 2.24. The molecule has 2 aromatic rings. The first-order chi connectivity index (χ1) is 14.0. The van der Waals surface area contributed by atoms with Crippen LogP contribution in [0.15, 0.2) is 20.6 Å². The zero-order valence-electron chi connectivity index (χ0n) is 15.6. The average Bonchev–Trinajstić information content (AvgIpc) is 3.26. The van der Waals surface area contributed by atoms with Crippen molar-refractivity contribution >= 4 is 59.0 Å². The summed E-state index contributed by atoms with van der Waals surface area (Å²) in [6.07, 6.45) is 0.838. The van der Waals surface area contributed by atoms with Gasteiger partial charge in [0.25, 0.3) is 0 Å². The summed E-state index contributed by atoms with van der Waals surface area (Å²) in [6.45, 7) is 0. The van der Waals surface area contributed by atoms with Crippen molar-refractivity contribution in [3.63, 3.8) is 0 Å². The van der Waals surface area contributed by atoms with Crippen LogP contribution in [0.3, 0.4) is 0 Å². The van der Waals surface area contributed by atoms with E-state index in [1.807, 2.05) is 0 Å². The van der Waals surface area contributed by atoms with Crippen molar-refractivity contribution < 1.29 is 19.1 Å². The minimum Gasteiger partial charge on any atom is -0.468 e. The lowest BCUT2D eigenvalue weighted by molar-refractivity contribution is -0.138. The predicted molar refractivity (Wildman–Crippen MR) is 112 cm³/mol. The van der Waals surface area contributed by atoms with E-state index in [9.17, 15) is 9.59 Å². The summed E-state index contributed by atoms with van der Waals surface area (Å²) in [5.41, 5.74) is 0. The second-order valence-electron chi connectivity index (χ2n) is 5.05. The molecule has 16 heteroatoms. The fourth-order valence-corrected chi connectivity index (χ4v) is 4.94. The van der Waals surface area contributed by atoms with Crippen LogP contribution in [0.25, 0.3) is 0 Å². The highest BCUT2D eigenvalue weighted by atomic mass is 32.2. The van der Waals surface area contributed by atoms with Gasteiger partial charge in [-0.2, -0.15) is 0 Å². The van der Waals surface area contributed by atoms with Crippen LogP contribution in [-0.4, -0.2) is 78.9 Å². The van der Waals surface area contributed by atoms with E-state index in [-0.39, 0.29) is 23.4 Å². The van der Waals surface area contributed by atoms with Crippen LogP contribution in [0.1, 0.15) is 6.42 Å². The van der Waals surface area contributed by atoms with Crippen LogP contribution >= 0.6 is 47.0 Å². The van der Waals surface area contributed by atoms with Crippen molar-refractivity contribution in [1.82, 2.24) is 29.7 Å². The van der Waals surface area contributed by atoms with Gasteiger partial charge in [0.05, 0.1) is 25.7 Å². The number of thioether (sulfide) groups is 4. The number of nitrogens with zero attached hydrogens (tertiary/aromatic N) is 6. The molecule has 0 fully saturated rings. The van der Waals surface area contributed by atoms with E-state index in [0.29, 0.717) is 20.6 Å². The van der Waals surface area contributed by atoms with Crippen LogP contribution in [0.5, 0.6) is 0 Å². The summed E-state index contributed by atoms with van der Waals surface area (Å²) < 4.78 is 11.9. The standard InChI is InChI=1S/C13H20N8O4S4/c1-24-8(22)6-28-12-18-16-10(20(12)14)26-4-3-5-27-11-17-19-13(21(11)15)29-7-9(23)25-2/h3-7,14-15H2,1-2H3. The molecule has 2 rings (SSSR count). The van der Waals surface area contributed by atoms with Gasteiger partial charge in [0, 0.05) is 11.5 Å². The maximum atomic E-state index is 11.2. The minimum atomic E-state index is -0.358. The number of aromatic nitrogens is 6. The van der Waals surface area contributed by atoms with E-state index in [0.717, 1.165) is 41.5 Å². The van der Waals surface area contributed by atoms with Gasteiger partial charge >= 0.3 is 11.9 Å². The first-order valence-corrected chi connectivity index (χ1v) is 12.0. The zero-order chi connectivity index (χ0) is 21.2. The smallest absolute Gasteiger partial charge is 0.316 e. The molecular formula is C13H20N8O4S4.